The SMILES string of the molecule is Cc1ccc(NC(=O)CCN2C(=O)[C@H](C)Oc3ccccc32)nc1. The van der Waals surface area contributed by atoms with Gasteiger partial charge in [-0.15, -0.1) is 0 Å². The summed E-state index contributed by atoms with van der Waals surface area (Å²) in [6.07, 6.45) is 1.32. The highest BCUT2D eigenvalue weighted by atomic mass is 16.5. The fourth-order valence-corrected chi connectivity index (χ4v) is 2.55. The number of amides is 2. The number of nitrogens with zero attached hydrogens (tertiary/aromatic N) is 2. The molecule has 0 unspecified atom stereocenters. The summed E-state index contributed by atoms with van der Waals surface area (Å²) in [5.74, 6) is 0.837. The molecule has 0 saturated carbocycles. The number of carbonyl (C=O) groups is 2. The van der Waals surface area contributed by atoms with Gasteiger partial charge in [-0.1, -0.05) is 18.2 Å². The van der Waals surface area contributed by atoms with Crippen LogP contribution in [0.2, 0.25) is 0 Å². The highest BCUT2D eigenvalue weighted by Crippen LogP contribution is 2.33. The van der Waals surface area contributed by atoms with E-state index in [0.717, 1.165) is 5.56 Å². The zero-order valence-electron chi connectivity index (χ0n) is 13.7. The number of hydrogen-bond donors (Lipinski definition) is 1. The molecule has 24 heavy (non-hydrogen) atoms. The molecule has 0 bridgehead atoms. The average Bonchev–Trinajstić information content (AvgIpc) is 2.57. The van der Waals surface area contributed by atoms with Crippen LogP contribution in [0.25, 0.3) is 0 Å². The summed E-state index contributed by atoms with van der Waals surface area (Å²) in [5, 5.41) is 2.74. The molecule has 6 heteroatoms. The Kier molecular flexibility index (Phi) is 4.46. The lowest BCUT2D eigenvalue weighted by Crippen LogP contribution is -2.45. The molecule has 0 aliphatic carbocycles. The van der Waals surface area contributed by atoms with Crippen molar-refractivity contribution in [2.24, 2.45) is 0 Å². The van der Waals surface area contributed by atoms with E-state index in [0.29, 0.717) is 23.8 Å². The second-order valence-corrected chi connectivity index (χ2v) is 5.74. The number of fused-ring (bicyclic) bond motifs is 1. The van der Waals surface area contributed by atoms with Gasteiger partial charge in [0.05, 0.1) is 5.69 Å². The smallest absolute Gasteiger partial charge is 0.267 e. The normalized spacial score (nSPS) is 16.3. The molecule has 2 heterocycles. The van der Waals surface area contributed by atoms with Crippen LogP contribution in [0.15, 0.2) is 42.6 Å². The van der Waals surface area contributed by atoms with Crippen LogP contribution in [0.1, 0.15) is 18.9 Å². The Morgan fingerprint density at radius 2 is 2.08 bits per heavy atom. The molecule has 6 nitrogen and oxygen atoms in total. The van der Waals surface area contributed by atoms with E-state index in [9.17, 15) is 9.59 Å². The Morgan fingerprint density at radius 1 is 1.29 bits per heavy atom. The number of aryl methyl sites for hydroxylation is 1. The maximum atomic E-state index is 12.4. The van der Waals surface area contributed by atoms with Crippen molar-refractivity contribution < 1.29 is 14.3 Å². The number of anilines is 2. The first-order chi connectivity index (χ1) is 11.5. The number of para-hydroxylation sites is 2. The zero-order chi connectivity index (χ0) is 17.1. The predicted molar refractivity (Wildman–Crippen MR) is 91.1 cm³/mol. The van der Waals surface area contributed by atoms with Crippen molar-refractivity contribution in [2.75, 3.05) is 16.8 Å². The quantitative estimate of drug-likeness (QED) is 0.937. The van der Waals surface area contributed by atoms with Crippen molar-refractivity contribution in [3.8, 4) is 5.75 Å². The van der Waals surface area contributed by atoms with Crippen molar-refractivity contribution in [3.05, 3.63) is 48.2 Å². The molecule has 3 rings (SSSR count). The topological polar surface area (TPSA) is 71.5 Å². The Morgan fingerprint density at radius 3 is 2.83 bits per heavy atom. The van der Waals surface area contributed by atoms with Crippen molar-refractivity contribution >= 4 is 23.3 Å². The monoisotopic (exact) mass is 325 g/mol. The highest BCUT2D eigenvalue weighted by molar-refractivity contribution is 6.00. The first-order valence-corrected chi connectivity index (χ1v) is 7.84. The van der Waals surface area contributed by atoms with E-state index < -0.39 is 6.10 Å². The maximum Gasteiger partial charge on any atom is 0.267 e. The van der Waals surface area contributed by atoms with Crippen LogP contribution in [0, 0.1) is 6.92 Å². The van der Waals surface area contributed by atoms with E-state index in [2.05, 4.69) is 10.3 Å². The summed E-state index contributed by atoms with van der Waals surface area (Å²) in [6, 6.07) is 11.0. The fraction of sp³-hybridized carbons (Fsp3) is 0.278. The van der Waals surface area contributed by atoms with Gasteiger partial charge >= 0.3 is 0 Å². The van der Waals surface area contributed by atoms with Crippen LogP contribution in [0.3, 0.4) is 0 Å². The van der Waals surface area contributed by atoms with E-state index in [1.165, 1.54) is 0 Å². The van der Waals surface area contributed by atoms with Gasteiger partial charge in [0.2, 0.25) is 5.91 Å². The largest absolute Gasteiger partial charge is 0.479 e. The van der Waals surface area contributed by atoms with Crippen molar-refractivity contribution in [3.63, 3.8) is 0 Å². The molecular formula is C18H19N3O3. The van der Waals surface area contributed by atoms with Gasteiger partial charge in [0.1, 0.15) is 11.6 Å². The van der Waals surface area contributed by atoms with Gasteiger partial charge in [-0.25, -0.2) is 4.98 Å². The summed E-state index contributed by atoms with van der Waals surface area (Å²) in [6.45, 7) is 3.93. The molecule has 2 aromatic rings. The number of nitrogens with one attached hydrogen (secondary N) is 1. The highest BCUT2D eigenvalue weighted by Gasteiger charge is 2.31. The lowest BCUT2D eigenvalue weighted by Gasteiger charge is -2.32. The molecule has 0 saturated heterocycles. The predicted octanol–water partition coefficient (Wildman–Crippen LogP) is 2.53. The van der Waals surface area contributed by atoms with Crippen LogP contribution < -0.4 is 15.0 Å². The number of aromatic nitrogens is 1. The summed E-state index contributed by atoms with van der Waals surface area (Å²) in [5.41, 5.74) is 1.72. The van der Waals surface area contributed by atoms with Crippen molar-refractivity contribution in [2.45, 2.75) is 26.4 Å². The molecule has 1 aliphatic rings. The minimum absolute atomic E-state index is 0.144. The van der Waals surface area contributed by atoms with Gasteiger partial charge in [0, 0.05) is 19.2 Å². The van der Waals surface area contributed by atoms with Crippen LogP contribution >= 0.6 is 0 Å². The number of carbonyl (C=O) groups excluding carboxylic acids is 2. The number of pyridine rings is 1. The summed E-state index contributed by atoms with van der Waals surface area (Å²) in [4.78, 5) is 30.2. The van der Waals surface area contributed by atoms with Crippen LogP contribution in [-0.4, -0.2) is 29.4 Å². The Bertz CT molecular complexity index is 758. The lowest BCUT2D eigenvalue weighted by molar-refractivity contribution is -0.125. The van der Waals surface area contributed by atoms with Gasteiger partial charge in [-0.05, 0) is 37.6 Å². The van der Waals surface area contributed by atoms with Crippen molar-refractivity contribution in [1.29, 1.82) is 0 Å². The molecule has 2 amide bonds. The summed E-state index contributed by atoms with van der Waals surface area (Å²) in [7, 11) is 0. The molecule has 0 fully saturated rings. The number of ether oxygens (including phenoxy) is 1. The first-order valence-electron chi connectivity index (χ1n) is 7.84. The molecule has 1 aromatic heterocycles. The molecule has 1 N–H and O–H groups in total. The number of rotatable bonds is 4. The third-order valence-electron chi connectivity index (χ3n) is 3.81. The maximum absolute atomic E-state index is 12.4. The molecule has 1 aromatic carbocycles. The van der Waals surface area contributed by atoms with E-state index >= 15 is 0 Å². The van der Waals surface area contributed by atoms with Crippen LogP contribution in [-0.2, 0) is 9.59 Å². The fourth-order valence-electron chi connectivity index (χ4n) is 2.55. The number of benzene rings is 1. The number of hydrogen-bond acceptors (Lipinski definition) is 4. The molecule has 0 radical (unpaired) electrons. The standard InChI is InChI=1S/C18H19N3O3/c1-12-7-8-16(19-11-12)20-17(22)9-10-21-14-5-3-4-6-15(14)24-13(2)18(21)23/h3-8,11,13H,9-10H2,1-2H3,(H,19,20,22)/t13-/m0/s1. The van der Waals surface area contributed by atoms with E-state index in [-0.39, 0.29) is 18.2 Å². The van der Waals surface area contributed by atoms with Gasteiger partial charge < -0.3 is 15.0 Å². The summed E-state index contributed by atoms with van der Waals surface area (Å²) >= 11 is 0. The minimum Gasteiger partial charge on any atom is -0.479 e. The zero-order valence-corrected chi connectivity index (χ0v) is 13.7. The molecule has 1 atom stereocenters. The van der Waals surface area contributed by atoms with Crippen molar-refractivity contribution in [1.82, 2.24) is 4.98 Å². The van der Waals surface area contributed by atoms with Gasteiger partial charge in [-0.3, -0.25) is 9.59 Å². The third kappa shape index (κ3) is 3.37. The Balaban J connectivity index is 1.66. The van der Waals surface area contributed by atoms with Gasteiger partial charge in [-0.2, -0.15) is 0 Å². The van der Waals surface area contributed by atoms with E-state index in [4.69, 9.17) is 4.74 Å². The second kappa shape index (κ2) is 6.70. The molecule has 124 valence electrons. The molecular weight excluding hydrogens is 306 g/mol. The third-order valence-corrected chi connectivity index (χ3v) is 3.81. The summed E-state index contributed by atoms with van der Waals surface area (Å²) < 4.78 is 5.59. The molecule has 0 spiro atoms. The van der Waals surface area contributed by atoms with E-state index in [1.807, 2.05) is 37.3 Å². The van der Waals surface area contributed by atoms with E-state index in [1.54, 1.807) is 24.1 Å². The minimum atomic E-state index is -0.554. The first kappa shape index (κ1) is 16.0. The molecule has 1 aliphatic heterocycles. The van der Waals surface area contributed by atoms with Crippen LogP contribution in [0.4, 0.5) is 11.5 Å². The second-order valence-electron chi connectivity index (χ2n) is 5.74. The Labute approximate surface area is 140 Å². The average molecular weight is 325 g/mol. The van der Waals surface area contributed by atoms with Gasteiger partial charge in [0.15, 0.2) is 6.10 Å². The lowest BCUT2D eigenvalue weighted by atomic mass is 10.1. The van der Waals surface area contributed by atoms with Crippen LogP contribution in [0.5, 0.6) is 5.75 Å². The Hall–Kier alpha value is -2.89. The van der Waals surface area contributed by atoms with Gasteiger partial charge in [0.25, 0.3) is 5.91 Å².